The number of ether oxygens (including phenoxy) is 1. The van der Waals surface area contributed by atoms with E-state index < -0.39 is 10.6 Å². The summed E-state index contributed by atoms with van der Waals surface area (Å²) in [6.45, 7) is 0. The van der Waals surface area contributed by atoms with E-state index in [9.17, 15) is 10.1 Å². The predicted octanol–water partition coefficient (Wildman–Crippen LogP) is 1.56. The standard InChI is InChI=1S/C8H6ClN5O3/c1-13-3-5(2-12-13)17-8-6(14(15)16)7(9)10-4-11-8/h2-4H,1H3. The van der Waals surface area contributed by atoms with E-state index in [4.69, 9.17) is 16.3 Å². The Morgan fingerprint density at radius 1 is 1.53 bits per heavy atom. The van der Waals surface area contributed by atoms with Crippen molar-refractivity contribution < 1.29 is 9.66 Å². The lowest BCUT2D eigenvalue weighted by atomic mass is 10.5. The molecule has 0 saturated heterocycles. The van der Waals surface area contributed by atoms with Crippen molar-refractivity contribution >= 4 is 17.3 Å². The van der Waals surface area contributed by atoms with Crippen molar-refractivity contribution in [2.24, 2.45) is 7.05 Å². The van der Waals surface area contributed by atoms with Crippen LogP contribution in [-0.2, 0) is 7.05 Å². The molecule has 0 radical (unpaired) electrons. The highest BCUT2D eigenvalue weighted by Gasteiger charge is 2.23. The van der Waals surface area contributed by atoms with E-state index in [0.29, 0.717) is 5.75 Å². The van der Waals surface area contributed by atoms with E-state index in [2.05, 4.69) is 15.1 Å². The molecule has 0 aliphatic rings. The number of hydrogen-bond acceptors (Lipinski definition) is 6. The predicted molar refractivity (Wildman–Crippen MR) is 57.0 cm³/mol. The molecule has 2 heterocycles. The first kappa shape index (κ1) is 11.3. The minimum Gasteiger partial charge on any atom is -0.430 e. The van der Waals surface area contributed by atoms with E-state index in [1.807, 2.05) is 0 Å². The summed E-state index contributed by atoms with van der Waals surface area (Å²) in [5.41, 5.74) is -0.474. The second-order valence-electron chi connectivity index (χ2n) is 3.03. The van der Waals surface area contributed by atoms with Gasteiger partial charge in [0.25, 0.3) is 0 Å². The summed E-state index contributed by atoms with van der Waals surface area (Å²) in [7, 11) is 1.69. The van der Waals surface area contributed by atoms with Gasteiger partial charge in [-0.05, 0) is 0 Å². The first-order valence-electron chi connectivity index (χ1n) is 4.39. The Morgan fingerprint density at radius 2 is 2.29 bits per heavy atom. The lowest BCUT2D eigenvalue weighted by Crippen LogP contribution is -1.98. The van der Waals surface area contributed by atoms with Gasteiger partial charge in [-0.3, -0.25) is 14.8 Å². The summed E-state index contributed by atoms with van der Waals surface area (Å²) >= 11 is 5.60. The molecule has 0 saturated carbocycles. The van der Waals surface area contributed by atoms with E-state index in [1.54, 1.807) is 13.2 Å². The van der Waals surface area contributed by atoms with Crippen molar-refractivity contribution in [3.8, 4) is 11.6 Å². The fourth-order valence-corrected chi connectivity index (χ4v) is 1.33. The maximum Gasteiger partial charge on any atom is 0.368 e. The minimum atomic E-state index is -0.700. The fraction of sp³-hybridized carbons (Fsp3) is 0.125. The molecular formula is C8H6ClN5O3. The third-order valence-corrected chi connectivity index (χ3v) is 2.10. The zero-order valence-electron chi connectivity index (χ0n) is 8.57. The lowest BCUT2D eigenvalue weighted by Gasteiger charge is -2.02. The van der Waals surface area contributed by atoms with Gasteiger partial charge in [0.15, 0.2) is 5.75 Å². The van der Waals surface area contributed by atoms with Gasteiger partial charge in [-0.25, -0.2) is 4.98 Å². The van der Waals surface area contributed by atoms with E-state index in [0.717, 1.165) is 6.33 Å². The highest BCUT2D eigenvalue weighted by molar-refractivity contribution is 6.31. The van der Waals surface area contributed by atoms with Crippen LogP contribution in [-0.4, -0.2) is 24.7 Å². The van der Waals surface area contributed by atoms with Crippen molar-refractivity contribution in [2.45, 2.75) is 0 Å². The number of nitrogens with zero attached hydrogens (tertiary/aromatic N) is 5. The van der Waals surface area contributed by atoms with Gasteiger partial charge in [0.1, 0.15) is 6.33 Å². The van der Waals surface area contributed by atoms with Gasteiger partial charge < -0.3 is 4.74 Å². The maximum absolute atomic E-state index is 10.8. The molecule has 88 valence electrons. The normalized spacial score (nSPS) is 10.2. The van der Waals surface area contributed by atoms with Crippen LogP contribution in [0, 0.1) is 10.1 Å². The molecule has 0 aliphatic heterocycles. The molecule has 2 rings (SSSR count). The van der Waals surface area contributed by atoms with E-state index in [-0.39, 0.29) is 11.0 Å². The molecule has 0 aliphatic carbocycles. The fourth-order valence-electron chi connectivity index (χ4n) is 1.13. The summed E-state index contributed by atoms with van der Waals surface area (Å²) in [6.07, 6.45) is 4.03. The molecule has 0 N–H and O–H groups in total. The lowest BCUT2D eigenvalue weighted by molar-refractivity contribution is -0.386. The maximum atomic E-state index is 10.8. The van der Waals surface area contributed by atoms with Crippen molar-refractivity contribution in [3.63, 3.8) is 0 Å². The molecule has 0 bridgehead atoms. The number of rotatable bonds is 3. The molecule has 0 unspecified atom stereocenters. The van der Waals surface area contributed by atoms with Gasteiger partial charge >= 0.3 is 11.6 Å². The molecule has 8 nitrogen and oxygen atoms in total. The Balaban J connectivity index is 2.39. The van der Waals surface area contributed by atoms with Crippen LogP contribution in [0.15, 0.2) is 18.7 Å². The quantitative estimate of drug-likeness (QED) is 0.469. The Morgan fingerprint density at radius 3 is 2.88 bits per heavy atom. The first-order chi connectivity index (χ1) is 8.08. The summed E-state index contributed by atoms with van der Waals surface area (Å²) in [5, 5.41) is 14.4. The van der Waals surface area contributed by atoms with Crippen molar-refractivity contribution in [3.05, 3.63) is 34.0 Å². The van der Waals surface area contributed by atoms with Crippen LogP contribution < -0.4 is 4.74 Å². The highest BCUT2D eigenvalue weighted by Crippen LogP contribution is 2.33. The van der Waals surface area contributed by atoms with Crippen LogP contribution in [0.2, 0.25) is 5.15 Å². The molecule has 17 heavy (non-hydrogen) atoms. The van der Waals surface area contributed by atoms with Crippen LogP contribution in [0.3, 0.4) is 0 Å². The van der Waals surface area contributed by atoms with Crippen molar-refractivity contribution in [2.75, 3.05) is 0 Å². The smallest absolute Gasteiger partial charge is 0.368 e. The van der Waals surface area contributed by atoms with Crippen LogP contribution >= 0.6 is 11.6 Å². The van der Waals surface area contributed by atoms with Crippen molar-refractivity contribution in [1.82, 2.24) is 19.7 Å². The number of aryl methyl sites for hydroxylation is 1. The second kappa shape index (κ2) is 4.34. The second-order valence-corrected chi connectivity index (χ2v) is 3.39. The first-order valence-corrected chi connectivity index (χ1v) is 4.77. The van der Waals surface area contributed by atoms with Gasteiger partial charge in [-0.1, -0.05) is 11.6 Å². The van der Waals surface area contributed by atoms with E-state index in [1.165, 1.54) is 10.9 Å². The summed E-state index contributed by atoms with van der Waals surface area (Å²) in [6, 6.07) is 0. The van der Waals surface area contributed by atoms with Crippen LogP contribution in [0.1, 0.15) is 0 Å². The number of hydrogen-bond donors (Lipinski definition) is 0. The van der Waals surface area contributed by atoms with Gasteiger partial charge in [0, 0.05) is 7.05 Å². The van der Waals surface area contributed by atoms with Gasteiger partial charge in [0.2, 0.25) is 5.15 Å². The van der Waals surface area contributed by atoms with Crippen molar-refractivity contribution in [1.29, 1.82) is 0 Å². The third-order valence-electron chi connectivity index (χ3n) is 1.82. The monoisotopic (exact) mass is 255 g/mol. The minimum absolute atomic E-state index is 0.219. The molecule has 0 fully saturated rings. The molecule has 0 aromatic carbocycles. The summed E-state index contributed by atoms with van der Waals surface area (Å²) in [4.78, 5) is 17.3. The molecule has 2 aromatic heterocycles. The molecule has 9 heteroatoms. The number of halogens is 1. The highest BCUT2D eigenvalue weighted by atomic mass is 35.5. The molecule has 2 aromatic rings. The Bertz CT molecular complexity index is 570. The van der Waals surface area contributed by atoms with Gasteiger partial charge in [-0.15, -0.1) is 0 Å². The molecular weight excluding hydrogens is 250 g/mol. The third kappa shape index (κ3) is 2.31. The average Bonchev–Trinajstić information content (AvgIpc) is 2.63. The van der Waals surface area contributed by atoms with Gasteiger partial charge in [-0.2, -0.15) is 10.1 Å². The number of aromatic nitrogens is 4. The van der Waals surface area contributed by atoms with Gasteiger partial charge in [0.05, 0.1) is 17.3 Å². The van der Waals surface area contributed by atoms with Crippen LogP contribution in [0.5, 0.6) is 11.6 Å². The van der Waals surface area contributed by atoms with E-state index >= 15 is 0 Å². The zero-order chi connectivity index (χ0) is 12.4. The summed E-state index contributed by atoms with van der Waals surface area (Å²) < 4.78 is 6.70. The topological polar surface area (TPSA) is 96.0 Å². The van der Waals surface area contributed by atoms with Crippen LogP contribution in [0.25, 0.3) is 0 Å². The average molecular weight is 256 g/mol. The Labute approximate surface area is 100.0 Å². The number of nitro groups is 1. The Kier molecular flexibility index (Phi) is 2.88. The zero-order valence-corrected chi connectivity index (χ0v) is 9.33. The molecule has 0 atom stereocenters. The van der Waals surface area contributed by atoms with Crippen LogP contribution in [0.4, 0.5) is 5.69 Å². The summed E-state index contributed by atoms with van der Waals surface area (Å²) in [5.74, 6) is 0.105. The largest absolute Gasteiger partial charge is 0.430 e. The molecule has 0 spiro atoms. The molecule has 0 amide bonds. The Hall–Kier alpha value is -2.22. The SMILES string of the molecule is Cn1cc(Oc2ncnc(Cl)c2[N+](=O)[O-])cn1.